The van der Waals surface area contributed by atoms with Crippen LogP contribution >= 0.6 is 11.3 Å². The maximum atomic E-state index is 13.2. The van der Waals surface area contributed by atoms with Gasteiger partial charge in [-0.15, -0.1) is 0 Å². The van der Waals surface area contributed by atoms with E-state index in [1.165, 1.54) is 33.7 Å². The van der Waals surface area contributed by atoms with Crippen LogP contribution in [0.5, 0.6) is 0 Å². The van der Waals surface area contributed by atoms with Crippen molar-refractivity contribution in [3.63, 3.8) is 0 Å². The van der Waals surface area contributed by atoms with Gasteiger partial charge in [0, 0.05) is 17.8 Å². The molecule has 0 spiro atoms. The number of aryl methyl sites for hydroxylation is 1. The van der Waals surface area contributed by atoms with Gasteiger partial charge in [0.25, 0.3) is 5.56 Å². The lowest BCUT2D eigenvalue weighted by Crippen LogP contribution is -2.45. The van der Waals surface area contributed by atoms with E-state index in [2.05, 4.69) is 62.7 Å². The molecule has 0 bridgehead atoms. The minimum atomic E-state index is -0.00690. The molecular weight excluding hydrogens is 402 g/mol. The van der Waals surface area contributed by atoms with E-state index in [4.69, 9.17) is 0 Å². The average molecular weight is 430 g/mol. The number of aromatic nitrogens is 2. The number of anilines is 1. The lowest BCUT2D eigenvalue weighted by molar-refractivity contribution is 0.550. The monoisotopic (exact) mass is 429 g/mol. The highest BCUT2D eigenvalue weighted by Gasteiger charge is 2.31. The van der Waals surface area contributed by atoms with Crippen molar-refractivity contribution in [3.8, 4) is 0 Å². The summed E-state index contributed by atoms with van der Waals surface area (Å²) in [5, 5.41) is 0. The molecule has 0 atom stereocenters. The van der Waals surface area contributed by atoms with Gasteiger partial charge in [0.05, 0.1) is 21.1 Å². The third-order valence-electron chi connectivity index (χ3n) is 6.24. The van der Waals surface area contributed by atoms with Crippen molar-refractivity contribution in [2.24, 2.45) is 0 Å². The summed E-state index contributed by atoms with van der Waals surface area (Å²) >= 11 is 1.46. The minimum Gasteiger partial charge on any atom is -0.362 e. The van der Waals surface area contributed by atoms with Crippen LogP contribution in [0.15, 0.2) is 47.3 Å². The van der Waals surface area contributed by atoms with Crippen molar-refractivity contribution >= 4 is 44.7 Å². The second kappa shape index (κ2) is 7.06. The highest BCUT2D eigenvalue weighted by molar-refractivity contribution is 7.15. The minimum absolute atomic E-state index is 0.00632. The molecule has 1 aliphatic heterocycles. The lowest BCUT2D eigenvalue weighted by atomic mass is 9.86. The Hall–Kier alpha value is -2.92. The van der Waals surface area contributed by atoms with Gasteiger partial charge in [0.1, 0.15) is 0 Å². The number of nitrogens with zero attached hydrogens (tertiary/aromatic N) is 3. The molecule has 0 unspecified atom stereocenters. The fourth-order valence-corrected chi connectivity index (χ4v) is 5.76. The second-order valence-corrected chi connectivity index (χ2v) is 10.0. The Morgan fingerprint density at radius 3 is 2.71 bits per heavy atom. The molecular formula is C26H27N3OS. The fourth-order valence-electron chi connectivity index (χ4n) is 4.79. The number of fused-ring (bicyclic) bond motifs is 4. The maximum Gasteiger partial charge on any atom is 0.274 e. The Labute approximate surface area is 186 Å². The quantitative estimate of drug-likeness (QED) is 0.450. The van der Waals surface area contributed by atoms with Gasteiger partial charge in [-0.2, -0.15) is 0 Å². The van der Waals surface area contributed by atoms with E-state index in [0.717, 1.165) is 39.1 Å². The zero-order valence-corrected chi connectivity index (χ0v) is 19.5. The van der Waals surface area contributed by atoms with Gasteiger partial charge in [0.2, 0.25) is 0 Å². The Morgan fingerprint density at radius 2 is 1.94 bits per heavy atom. The SMILES string of the molecule is CCCN1c2cc(C)c(/C=c3/sc4nc5ccccc5n4c3=O)cc2C(C)=CC1(C)C. The Morgan fingerprint density at radius 1 is 1.16 bits per heavy atom. The second-order valence-electron chi connectivity index (χ2n) is 8.99. The van der Waals surface area contributed by atoms with Crippen molar-refractivity contribution in [1.82, 2.24) is 9.38 Å². The van der Waals surface area contributed by atoms with E-state index in [0.29, 0.717) is 0 Å². The van der Waals surface area contributed by atoms with Crippen molar-refractivity contribution in [1.29, 1.82) is 0 Å². The average Bonchev–Trinajstić information content (AvgIpc) is 3.22. The number of rotatable bonds is 3. The summed E-state index contributed by atoms with van der Waals surface area (Å²) in [6.07, 6.45) is 5.49. The normalized spacial score (nSPS) is 16.2. The molecule has 0 saturated heterocycles. The first-order chi connectivity index (χ1) is 14.8. The molecule has 158 valence electrons. The van der Waals surface area contributed by atoms with Crippen molar-refractivity contribution < 1.29 is 0 Å². The summed E-state index contributed by atoms with van der Waals surface area (Å²) in [6, 6.07) is 12.3. The topological polar surface area (TPSA) is 37.6 Å². The number of para-hydroxylation sites is 2. The predicted molar refractivity (Wildman–Crippen MR) is 132 cm³/mol. The van der Waals surface area contributed by atoms with E-state index in [1.807, 2.05) is 30.3 Å². The van der Waals surface area contributed by atoms with Crippen molar-refractivity contribution in [2.75, 3.05) is 11.4 Å². The van der Waals surface area contributed by atoms with Gasteiger partial charge in [-0.25, -0.2) is 9.38 Å². The molecule has 0 radical (unpaired) electrons. The number of imidazole rings is 1. The first kappa shape index (κ1) is 20.0. The van der Waals surface area contributed by atoms with Crippen molar-refractivity contribution in [2.45, 2.75) is 46.6 Å². The number of hydrogen-bond acceptors (Lipinski definition) is 4. The molecule has 31 heavy (non-hydrogen) atoms. The van der Waals surface area contributed by atoms with E-state index in [-0.39, 0.29) is 11.1 Å². The van der Waals surface area contributed by atoms with Gasteiger partial charge in [-0.3, -0.25) is 4.79 Å². The van der Waals surface area contributed by atoms with Gasteiger partial charge >= 0.3 is 0 Å². The fraction of sp³-hybridized carbons (Fsp3) is 0.308. The predicted octanol–water partition coefficient (Wildman–Crippen LogP) is 5.18. The molecule has 0 saturated carbocycles. The summed E-state index contributed by atoms with van der Waals surface area (Å²) in [6.45, 7) is 12.1. The van der Waals surface area contributed by atoms with E-state index < -0.39 is 0 Å². The van der Waals surface area contributed by atoms with Gasteiger partial charge in [-0.05, 0) is 81.2 Å². The molecule has 5 heteroatoms. The summed E-state index contributed by atoms with van der Waals surface area (Å²) in [7, 11) is 0. The van der Waals surface area contributed by atoms with Crippen LogP contribution in [0.1, 0.15) is 50.8 Å². The molecule has 0 amide bonds. The van der Waals surface area contributed by atoms with Crippen LogP contribution in [0.25, 0.3) is 27.6 Å². The maximum absolute atomic E-state index is 13.2. The molecule has 0 fully saturated rings. The Balaban J connectivity index is 1.69. The van der Waals surface area contributed by atoms with Crippen LogP contribution in [0.3, 0.4) is 0 Å². The number of thiazole rings is 1. The first-order valence-electron chi connectivity index (χ1n) is 10.8. The molecule has 2 aromatic heterocycles. The number of allylic oxidation sites excluding steroid dienone is 1. The summed E-state index contributed by atoms with van der Waals surface area (Å²) in [5.74, 6) is 0. The number of benzene rings is 2. The third-order valence-corrected chi connectivity index (χ3v) is 7.21. The summed E-state index contributed by atoms with van der Waals surface area (Å²) < 4.78 is 2.45. The summed E-state index contributed by atoms with van der Waals surface area (Å²) in [4.78, 5) is 21.1. The standard InChI is InChI=1S/C26H27N3OS/c1-6-11-28-22-12-16(2)18(13-19(22)17(3)15-26(28,4)5)14-23-24(30)29-21-10-8-7-9-20(21)27-25(29)31-23/h7-10,12-15H,6,11H2,1-5H3/b23-14+. The highest BCUT2D eigenvalue weighted by Crippen LogP contribution is 2.40. The van der Waals surface area contributed by atoms with E-state index >= 15 is 0 Å². The zero-order chi connectivity index (χ0) is 21.9. The van der Waals surface area contributed by atoms with Crippen LogP contribution in [-0.2, 0) is 0 Å². The van der Waals surface area contributed by atoms with Crippen LogP contribution in [-0.4, -0.2) is 21.5 Å². The van der Waals surface area contributed by atoms with Gasteiger partial charge in [-0.1, -0.05) is 36.5 Å². The molecule has 3 heterocycles. The molecule has 4 nitrogen and oxygen atoms in total. The van der Waals surface area contributed by atoms with Crippen molar-refractivity contribution in [3.05, 3.63) is 74.1 Å². The summed E-state index contributed by atoms with van der Waals surface area (Å²) in [5.41, 5.74) is 7.84. The highest BCUT2D eigenvalue weighted by atomic mass is 32.1. The largest absolute Gasteiger partial charge is 0.362 e. The Kier molecular flexibility index (Phi) is 4.56. The van der Waals surface area contributed by atoms with Crippen LogP contribution in [0.2, 0.25) is 0 Å². The van der Waals surface area contributed by atoms with E-state index in [1.54, 1.807) is 4.40 Å². The van der Waals surface area contributed by atoms with E-state index in [9.17, 15) is 4.79 Å². The number of hydrogen-bond donors (Lipinski definition) is 0. The van der Waals surface area contributed by atoms with Crippen LogP contribution < -0.4 is 15.0 Å². The third kappa shape index (κ3) is 3.10. The van der Waals surface area contributed by atoms with Crippen LogP contribution in [0.4, 0.5) is 5.69 Å². The molecule has 2 aromatic carbocycles. The zero-order valence-electron chi connectivity index (χ0n) is 18.7. The molecule has 5 rings (SSSR count). The Bertz CT molecular complexity index is 1470. The smallest absolute Gasteiger partial charge is 0.274 e. The molecule has 1 aliphatic rings. The molecule has 4 aromatic rings. The lowest BCUT2D eigenvalue weighted by Gasteiger charge is -2.43. The van der Waals surface area contributed by atoms with Gasteiger partial charge in [0.15, 0.2) is 4.96 Å². The first-order valence-corrected chi connectivity index (χ1v) is 11.7. The van der Waals surface area contributed by atoms with Crippen LogP contribution in [0, 0.1) is 6.92 Å². The molecule has 0 aliphatic carbocycles. The van der Waals surface area contributed by atoms with Gasteiger partial charge < -0.3 is 4.90 Å². The molecule has 0 N–H and O–H groups in total.